The van der Waals surface area contributed by atoms with Gasteiger partial charge in [-0.1, -0.05) is 29.8 Å². The Morgan fingerprint density at radius 2 is 1.88 bits per heavy atom. The van der Waals surface area contributed by atoms with Gasteiger partial charge < -0.3 is 10.1 Å². The van der Waals surface area contributed by atoms with Gasteiger partial charge >= 0.3 is 5.97 Å². The summed E-state index contributed by atoms with van der Waals surface area (Å²) in [5, 5.41) is 10.6. The van der Waals surface area contributed by atoms with Crippen molar-refractivity contribution in [2.24, 2.45) is 0 Å². The smallest absolute Gasteiger partial charge is 0.360 e. The van der Waals surface area contributed by atoms with Gasteiger partial charge in [0.25, 0.3) is 5.91 Å². The Labute approximate surface area is 142 Å². The van der Waals surface area contributed by atoms with E-state index in [1.54, 1.807) is 42.5 Å². The van der Waals surface area contributed by atoms with Gasteiger partial charge in [-0.05, 0) is 37.3 Å². The number of para-hydroxylation sites is 1. The summed E-state index contributed by atoms with van der Waals surface area (Å²) in [7, 11) is 0. The van der Waals surface area contributed by atoms with Crippen molar-refractivity contribution in [3.63, 3.8) is 0 Å². The van der Waals surface area contributed by atoms with Crippen LogP contribution in [0.15, 0.2) is 48.5 Å². The van der Waals surface area contributed by atoms with Crippen molar-refractivity contribution < 1.29 is 14.3 Å². The van der Waals surface area contributed by atoms with Gasteiger partial charge in [0, 0.05) is 16.1 Å². The minimum Gasteiger partial charge on any atom is -0.448 e. The number of benzene rings is 2. The van der Waals surface area contributed by atoms with Crippen molar-refractivity contribution in [3.8, 4) is 0 Å². The van der Waals surface area contributed by atoms with E-state index in [9.17, 15) is 9.59 Å². The standard InChI is InChI=1S/C17H14ClN3O3/c1-10(16(22)19-12-8-6-11(18)7-9-12)24-17(23)15-13-4-2-3-5-14(13)20-21-15/h2-10H,1H3,(H,19,22)(H,20,21)/t10-/m0/s1. The summed E-state index contributed by atoms with van der Waals surface area (Å²) in [6.07, 6.45) is -0.969. The minimum atomic E-state index is -0.969. The SMILES string of the molecule is C[C@H](OC(=O)c1n[nH]c2ccccc12)C(=O)Nc1ccc(Cl)cc1. The zero-order chi connectivity index (χ0) is 17.1. The number of esters is 1. The number of H-pyrrole nitrogens is 1. The molecule has 0 aliphatic heterocycles. The Bertz CT molecular complexity index is 889. The molecule has 0 aliphatic rings. The van der Waals surface area contributed by atoms with Crippen molar-refractivity contribution in [1.29, 1.82) is 0 Å². The number of hydrogen-bond donors (Lipinski definition) is 2. The van der Waals surface area contributed by atoms with Gasteiger partial charge in [0.15, 0.2) is 11.8 Å². The van der Waals surface area contributed by atoms with Crippen molar-refractivity contribution in [3.05, 3.63) is 59.2 Å². The summed E-state index contributed by atoms with van der Waals surface area (Å²) in [4.78, 5) is 24.3. The second-order valence-electron chi connectivity index (χ2n) is 5.16. The van der Waals surface area contributed by atoms with E-state index in [0.717, 1.165) is 5.52 Å². The lowest BCUT2D eigenvalue weighted by molar-refractivity contribution is -0.123. The predicted molar refractivity (Wildman–Crippen MR) is 91.1 cm³/mol. The Kier molecular flexibility index (Phi) is 4.48. The largest absolute Gasteiger partial charge is 0.448 e. The molecule has 3 aromatic rings. The number of aromatic amines is 1. The maximum Gasteiger partial charge on any atom is 0.360 e. The van der Waals surface area contributed by atoms with Crippen LogP contribution < -0.4 is 5.32 Å². The summed E-state index contributed by atoms with van der Waals surface area (Å²) in [5.74, 6) is -1.10. The lowest BCUT2D eigenvalue weighted by Gasteiger charge is -2.13. The molecule has 7 heteroatoms. The molecule has 0 spiro atoms. The first kappa shape index (κ1) is 16.0. The Morgan fingerprint density at radius 3 is 2.62 bits per heavy atom. The molecule has 2 aromatic carbocycles. The van der Waals surface area contributed by atoms with Crippen molar-refractivity contribution >= 4 is 40.1 Å². The first-order valence-corrected chi connectivity index (χ1v) is 7.63. The molecule has 1 aromatic heterocycles. The first-order valence-electron chi connectivity index (χ1n) is 7.25. The number of anilines is 1. The fourth-order valence-electron chi connectivity index (χ4n) is 2.17. The maximum atomic E-state index is 12.2. The Morgan fingerprint density at radius 1 is 1.17 bits per heavy atom. The summed E-state index contributed by atoms with van der Waals surface area (Å²) < 4.78 is 5.20. The van der Waals surface area contributed by atoms with E-state index in [2.05, 4.69) is 15.5 Å². The number of carbonyl (C=O) groups is 2. The van der Waals surface area contributed by atoms with Crippen LogP contribution >= 0.6 is 11.6 Å². The molecule has 1 heterocycles. The third-order valence-corrected chi connectivity index (χ3v) is 3.68. The van der Waals surface area contributed by atoms with E-state index in [-0.39, 0.29) is 5.69 Å². The van der Waals surface area contributed by atoms with E-state index in [1.165, 1.54) is 6.92 Å². The molecule has 0 saturated carbocycles. The number of nitrogens with zero attached hydrogens (tertiary/aromatic N) is 1. The van der Waals surface area contributed by atoms with Crippen molar-refractivity contribution in [2.45, 2.75) is 13.0 Å². The van der Waals surface area contributed by atoms with Gasteiger partial charge in [-0.15, -0.1) is 0 Å². The molecule has 0 saturated heterocycles. The van der Waals surface area contributed by atoms with Crippen molar-refractivity contribution in [1.82, 2.24) is 10.2 Å². The monoisotopic (exact) mass is 343 g/mol. The molecule has 0 radical (unpaired) electrons. The molecule has 0 aliphatic carbocycles. The third kappa shape index (κ3) is 3.38. The highest BCUT2D eigenvalue weighted by Crippen LogP contribution is 2.17. The number of halogens is 1. The normalized spacial score (nSPS) is 11.9. The minimum absolute atomic E-state index is 0.150. The summed E-state index contributed by atoms with van der Waals surface area (Å²) >= 11 is 5.79. The highest BCUT2D eigenvalue weighted by Gasteiger charge is 2.22. The van der Waals surface area contributed by atoms with E-state index in [0.29, 0.717) is 16.1 Å². The molecular weight excluding hydrogens is 330 g/mol. The molecule has 122 valence electrons. The van der Waals surface area contributed by atoms with Crippen LogP contribution in [0.25, 0.3) is 10.9 Å². The molecule has 6 nitrogen and oxygen atoms in total. The van der Waals surface area contributed by atoms with E-state index < -0.39 is 18.0 Å². The van der Waals surface area contributed by atoms with Crippen LogP contribution in [0.3, 0.4) is 0 Å². The van der Waals surface area contributed by atoms with E-state index in [4.69, 9.17) is 16.3 Å². The number of hydrogen-bond acceptors (Lipinski definition) is 4. The van der Waals surface area contributed by atoms with Gasteiger partial charge in [-0.2, -0.15) is 5.10 Å². The molecule has 0 bridgehead atoms. The van der Waals surface area contributed by atoms with E-state index in [1.807, 2.05) is 6.07 Å². The number of amides is 1. The predicted octanol–water partition coefficient (Wildman–Crippen LogP) is 3.40. The van der Waals surface area contributed by atoms with Crippen LogP contribution in [0.2, 0.25) is 5.02 Å². The molecule has 0 unspecified atom stereocenters. The lowest BCUT2D eigenvalue weighted by atomic mass is 10.2. The quantitative estimate of drug-likeness (QED) is 0.711. The van der Waals surface area contributed by atoms with Gasteiger partial charge in [0.05, 0.1) is 5.52 Å². The van der Waals surface area contributed by atoms with E-state index >= 15 is 0 Å². The number of nitrogens with one attached hydrogen (secondary N) is 2. The fraction of sp³-hybridized carbons (Fsp3) is 0.118. The topological polar surface area (TPSA) is 84.1 Å². The molecule has 3 rings (SSSR count). The van der Waals surface area contributed by atoms with Crippen LogP contribution in [0, 0.1) is 0 Å². The van der Waals surface area contributed by atoms with Crippen LogP contribution in [0.4, 0.5) is 5.69 Å². The Balaban J connectivity index is 1.67. The van der Waals surface area contributed by atoms with Crippen molar-refractivity contribution in [2.75, 3.05) is 5.32 Å². The van der Waals surface area contributed by atoms with Crippen LogP contribution in [-0.4, -0.2) is 28.2 Å². The zero-order valence-corrected chi connectivity index (χ0v) is 13.5. The number of ether oxygens (including phenoxy) is 1. The number of carbonyl (C=O) groups excluding carboxylic acids is 2. The average Bonchev–Trinajstić information content (AvgIpc) is 3.01. The average molecular weight is 344 g/mol. The fourth-order valence-corrected chi connectivity index (χ4v) is 2.29. The summed E-state index contributed by atoms with van der Waals surface area (Å²) in [6, 6.07) is 13.8. The van der Waals surface area contributed by atoms with Gasteiger partial charge in [-0.3, -0.25) is 9.89 Å². The number of rotatable bonds is 4. The lowest BCUT2D eigenvalue weighted by Crippen LogP contribution is -2.30. The van der Waals surface area contributed by atoms with Gasteiger partial charge in [-0.25, -0.2) is 4.79 Å². The summed E-state index contributed by atoms with van der Waals surface area (Å²) in [5.41, 5.74) is 1.44. The van der Waals surface area contributed by atoms with Gasteiger partial charge in [0.1, 0.15) is 0 Å². The zero-order valence-electron chi connectivity index (χ0n) is 12.7. The summed E-state index contributed by atoms with van der Waals surface area (Å²) in [6.45, 7) is 1.50. The second-order valence-corrected chi connectivity index (χ2v) is 5.60. The van der Waals surface area contributed by atoms with Crippen LogP contribution in [0.5, 0.6) is 0 Å². The highest BCUT2D eigenvalue weighted by atomic mass is 35.5. The molecule has 24 heavy (non-hydrogen) atoms. The van der Waals surface area contributed by atoms with Crippen LogP contribution in [0.1, 0.15) is 17.4 Å². The number of fused-ring (bicyclic) bond motifs is 1. The van der Waals surface area contributed by atoms with Crippen LogP contribution in [-0.2, 0) is 9.53 Å². The highest BCUT2D eigenvalue weighted by molar-refractivity contribution is 6.30. The molecule has 1 amide bonds. The molecule has 2 N–H and O–H groups in total. The molecule has 0 fully saturated rings. The first-order chi connectivity index (χ1) is 11.5. The Hall–Kier alpha value is -2.86. The second kappa shape index (κ2) is 6.72. The molecular formula is C17H14ClN3O3. The van der Waals surface area contributed by atoms with Gasteiger partial charge in [0.2, 0.25) is 0 Å². The molecule has 1 atom stereocenters. The third-order valence-electron chi connectivity index (χ3n) is 3.43. The maximum absolute atomic E-state index is 12.2. The number of aromatic nitrogens is 2.